The fourth-order valence-corrected chi connectivity index (χ4v) is 2.29. The second-order valence-electron chi connectivity index (χ2n) is 5.17. The van der Waals surface area contributed by atoms with E-state index in [0.717, 1.165) is 6.54 Å². The molecule has 0 aromatic carbocycles. The minimum absolute atomic E-state index is 0.133. The third kappa shape index (κ3) is 4.81. The first-order chi connectivity index (χ1) is 7.70. The summed E-state index contributed by atoms with van der Waals surface area (Å²) in [5.74, 6) is 0. The average molecular weight is 229 g/mol. The fraction of sp³-hybridized carbons (Fsp3) is 1.00. The van der Waals surface area contributed by atoms with E-state index in [1.807, 2.05) is 6.92 Å². The molecule has 0 bridgehead atoms. The van der Waals surface area contributed by atoms with E-state index in [0.29, 0.717) is 12.7 Å². The SMILES string of the molecule is CCNC(C)(CO)COC1CCCCCC1. The molecule has 1 unspecified atom stereocenters. The molecule has 1 aliphatic rings. The van der Waals surface area contributed by atoms with Crippen molar-refractivity contribution in [3.8, 4) is 0 Å². The number of likely N-dealkylation sites (N-methyl/N-ethyl adjacent to an activating group) is 1. The molecule has 1 fully saturated rings. The number of hydrogen-bond acceptors (Lipinski definition) is 3. The summed E-state index contributed by atoms with van der Waals surface area (Å²) in [6, 6.07) is 0. The molecule has 1 aliphatic carbocycles. The van der Waals surface area contributed by atoms with E-state index in [-0.39, 0.29) is 12.1 Å². The maximum atomic E-state index is 9.36. The molecule has 1 rings (SSSR count). The molecular formula is C13H27NO2. The lowest BCUT2D eigenvalue weighted by Gasteiger charge is -2.30. The molecule has 0 spiro atoms. The Kier molecular flexibility index (Phi) is 6.32. The Morgan fingerprint density at radius 3 is 2.38 bits per heavy atom. The van der Waals surface area contributed by atoms with Gasteiger partial charge in [-0.2, -0.15) is 0 Å². The van der Waals surface area contributed by atoms with Crippen LogP contribution in [0.5, 0.6) is 0 Å². The van der Waals surface area contributed by atoms with Crippen LogP contribution in [0.15, 0.2) is 0 Å². The minimum atomic E-state index is -0.277. The molecule has 2 N–H and O–H groups in total. The Morgan fingerprint density at radius 2 is 1.88 bits per heavy atom. The molecule has 1 saturated carbocycles. The van der Waals surface area contributed by atoms with Gasteiger partial charge in [0.25, 0.3) is 0 Å². The van der Waals surface area contributed by atoms with Gasteiger partial charge in [0.05, 0.1) is 24.9 Å². The lowest BCUT2D eigenvalue weighted by Crippen LogP contribution is -2.50. The van der Waals surface area contributed by atoms with Gasteiger partial charge in [-0.05, 0) is 26.3 Å². The Hall–Kier alpha value is -0.120. The maximum Gasteiger partial charge on any atom is 0.0671 e. The summed E-state index contributed by atoms with van der Waals surface area (Å²) < 4.78 is 5.95. The van der Waals surface area contributed by atoms with Gasteiger partial charge < -0.3 is 15.2 Å². The Bertz CT molecular complexity index is 179. The lowest BCUT2D eigenvalue weighted by atomic mass is 10.1. The molecular weight excluding hydrogens is 202 g/mol. The van der Waals surface area contributed by atoms with Crippen LogP contribution in [0.25, 0.3) is 0 Å². The lowest BCUT2D eigenvalue weighted by molar-refractivity contribution is -0.00927. The van der Waals surface area contributed by atoms with Gasteiger partial charge in [-0.1, -0.05) is 32.6 Å². The van der Waals surface area contributed by atoms with Crippen LogP contribution < -0.4 is 5.32 Å². The summed E-state index contributed by atoms with van der Waals surface area (Å²) in [5, 5.41) is 12.6. The summed E-state index contributed by atoms with van der Waals surface area (Å²) in [5.41, 5.74) is -0.277. The highest BCUT2D eigenvalue weighted by Gasteiger charge is 2.24. The van der Waals surface area contributed by atoms with Gasteiger partial charge in [0.15, 0.2) is 0 Å². The van der Waals surface area contributed by atoms with Gasteiger partial charge in [0.2, 0.25) is 0 Å². The van der Waals surface area contributed by atoms with Crippen LogP contribution in [-0.2, 0) is 4.74 Å². The van der Waals surface area contributed by atoms with Crippen molar-refractivity contribution in [3.63, 3.8) is 0 Å². The molecule has 1 atom stereocenters. The predicted molar refractivity (Wildman–Crippen MR) is 66.6 cm³/mol. The van der Waals surface area contributed by atoms with Crippen molar-refractivity contribution in [2.75, 3.05) is 19.8 Å². The highest BCUT2D eigenvalue weighted by atomic mass is 16.5. The topological polar surface area (TPSA) is 41.5 Å². The second kappa shape index (κ2) is 7.25. The summed E-state index contributed by atoms with van der Waals surface area (Å²) in [7, 11) is 0. The number of aliphatic hydroxyl groups is 1. The summed E-state index contributed by atoms with van der Waals surface area (Å²) in [6.45, 7) is 5.69. The zero-order valence-corrected chi connectivity index (χ0v) is 10.8. The van der Waals surface area contributed by atoms with Gasteiger partial charge >= 0.3 is 0 Å². The first kappa shape index (κ1) is 13.9. The Balaban J connectivity index is 2.29. The van der Waals surface area contributed by atoms with Crippen LogP contribution in [0.1, 0.15) is 52.4 Å². The molecule has 3 heteroatoms. The fourth-order valence-electron chi connectivity index (χ4n) is 2.29. The molecule has 0 radical (unpaired) electrons. The van der Waals surface area contributed by atoms with E-state index in [1.165, 1.54) is 38.5 Å². The molecule has 0 amide bonds. The number of nitrogens with one attached hydrogen (secondary N) is 1. The van der Waals surface area contributed by atoms with Crippen molar-refractivity contribution in [3.05, 3.63) is 0 Å². The number of aliphatic hydroxyl groups excluding tert-OH is 1. The summed E-state index contributed by atoms with van der Waals surface area (Å²) in [6.07, 6.45) is 8.08. The molecule has 0 aliphatic heterocycles. The monoisotopic (exact) mass is 229 g/mol. The molecule has 0 saturated heterocycles. The highest BCUT2D eigenvalue weighted by molar-refractivity contribution is 4.82. The van der Waals surface area contributed by atoms with Gasteiger partial charge in [0, 0.05) is 0 Å². The zero-order chi connectivity index (χ0) is 11.9. The third-order valence-corrected chi connectivity index (χ3v) is 3.39. The average Bonchev–Trinajstić information content (AvgIpc) is 2.55. The van der Waals surface area contributed by atoms with Gasteiger partial charge in [-0.15, -0.1) is 0 Å². The number of hydrogen-bond donors (Lipinski definition) is 2. The van der Waals surface area contributed by atoms with E-state index in [2.05, 4.69) is 12.2 Å². The smallest absolute Gasteiger partial charge is 0.0671 e. The van der Waals surface area contributed by atoms with Crippen molar-refractivity contribution in [2.45, 2.75) is 64.0 Å². The van der Waals surface area contributed by atoms with Crippen molar-refractivity contribution in [1.29, 1.82) is 0 Å². The summed E-state index contributed by atoms with van der Waals surface area (Å²) in [4.78, 5) is 0. The van der Waals surface area contributed by atoms with Gasteiger partial charge in [-0.3, -0.25) is 0 Å². The van der Waals surface area contributed by atoms with Crippen LogP contribution >= 0.6 is 0 Å². The van der Waals surface area contributed by atoms with E-state index < -0.39 is 0 Å². The third-order valence-electron chi connectivity index (χ3n) is 3.39. The summed E-state index contributed by atoms with van der Waals surface area (Å²) >= 11 is 0. The Labute approximate surface area is 99.6 Å². The van der Waals surface area contributed by atoms with E-state index in [4.69, 9.17) is 4.74 Å². The number of ether oxygens (including phenoxy) is 1. The first-order valence-electron chi connectivity index (χ1n) is 6.67. The van der Waals surface area contributed by atoms with Crippen LogP contribution in [0, 0.1) is 0 Å². The second-order valence-corrected chi connectivity index (χ2v) is 5.17. The van der Waals surface area contributed by atoms with Crippen molar-refractivity contribution < 1.29 is 9.84 Å². The minimum Gasteiger partial charge on any atom is -0.394 e. The van der Waals surface area contributed by atoms with Gasteiger partial charge in [0.1, 0.15) is 0 Å². The molecule has 96 valence electrons. The van der Waals surface area contributed by atoms with E-state index >= 15 is 0 Å². The van der Waals surface area contributed by atoms with Crippen molar-refractivity contribution in [1.82, 2.24) is 5.32 Å². The van der Waals surface area contributed by atoms with Crippen LogP contribution in [0.2, 0.25) is 0 Å². The Morgan fingerprint density at radius 1 is 1.25 bits per heavy atom. The number of rotatable bonds is 6. The van der Waals surface area contributed by atoms with E-state index in [1.54, 1.807) is 0 Å². The standard InChI is InChI=1S/C13H27NO2/c1-3-14-13(2,10-15)11-16-12-8-6-4-5-7-9-12/h12,14-15H,3-11H2,1-2H3. The maximum absolute atomic E-state index is 9.36. The molecule has 3 nitrogen and oxygen atoms in total. The molecule has 0 aromatic heterocycles. The molecule has 0 heterocycles. The van der Waals surface area contributed by atoms with Crippen LogP contribution in [0.3, 0.4) is 0 Å². The zero-order valence-electron chi connectivity index (χ0n) is 10.8. The first-order valence-corrected chi connectivity index (χ1v) is 6.67. The molecule has 0 aromatic rings. The quantitative estimate of drug-likeness (QED) is 0.685. The van der Waals surface area contributed by atoms with Crippen molar-refractivity contribution >= 4 is 0 Å². The molecule has 16 heavy (non-hydrogen) atoms. The normalized spacial score (nSPS) is 22.7. The van der Waals surface area contributed by atoms with E-state index in [9.17, 15) is 5.11 Å². The predicted octanol–water partition coefficient (Wildman–Crippen LogP) is 2.09. The van der Waals surface area contributed by atoms with Crippen molar-refractivity contribution in [2.24, 2.45) is 0 Å². The highest BCUT2D eigenvalue weighted by Crippen LogP contribution is 2.20. The van der Waals surface area contributed by atoms with Crippen LogP contribution in [0.4, 0.5) is 0 Å². The largest absolute Gasteiger partial charge is 0.394 e. The van der Waals surface area contributed by atoms with Crippen LogP contribution in [-0.4, -0.2) is 36.5 Å². The van der Waals surface area contributed by atoms with Gasteiger partial charge in [-0.25, -0.2) is 0 Å².